The minimum Gasteiger partial charge on any atom is -0.383 e. The monoisotopic (exact) mass is 367 g/mol. The predicted molar refractivity (Wildman–Crippen MR) is 93.0 cm³/mol. The van der Waals surface area contributed by atoms with Crippen LogP contribution < -0.4 is 10.6 Å². The van der Waals surface area contributed by atoms with Crippen molar-refractivity contribution in [3.63, 3.8) is 0 Å². The molecule has 3 amide bonds. The fraction of sp³-hybridized carbons (Fsp3) is 0.471. The van der Waals surface area contributed by atoms with Crippen LogP contribution in [0.25, 0.3) is 0 Å². The molecule has 1 aliphatic rings. The molecule has 1 heterocycles. The fourth-order valence-electron chi connectivity index (χ4n) is 2.97. The molecule has 0 bridgehead atoms. The first-order chi connectivity index (χ1) is 12.0. The Morgan fingerprint density at radius 2 is 2.08 bits per heavy atom. The SMILES string of the molecule is CNC(=O)CNC(=O)[C@@H]1CC(=O)N(CCOC)[C@H]1c1ccccc1Cl. The van der Waals surface area contributed by atoms with Crippen LogP contribution in [-0.2, 0) is 19.1 Å². The fourth-order valence-corrected chi connectivity index (χ4v) is 3.21. The number of hydrogen-bond acceptors (Lipinski definition) is 4. The first-order valence-electron chi connectivity index (χ1n) is 8.00. The van der Waals surface area contributed by atoms with E-state index in [0.717, 1.165) is 0 Å². The summed E-state index contributed by atoms with van der Waals surface area (Å²) in [6.45, 7) is 0.594. The number of amides is 3. The smallest absolute Gasteiger partial charge is 0.239 e. The van der Waals surface area contributed by atoms with Crippen LogP contribution in [-0.4, -0.2) is 56.5 Å². The molecule has 25 heavy (non-hydrogen) atoms. The molecule has 1 aliphatic heterocycles. The molecule has 2 atom stereocenters. The Morgan fingerprint density at radius 1 is 1.36 bits per heavy atom. The minimum absolute atomic E-state index is 0.0686. The van der Waals surface area contributed by atoms with Crippen LogP contribution in [0.2, 0.25) is 5.02 Å². The third-order valence-electron chi connectivity index (χ3n) is 4.23. The molecule has 0 aliphatic carbocycles. The first kappa shape index (κ1) is 19.2. The zero-order valence-corrected chi connectivity index (χ0v) is 15.0. The van der Waals surface area contributed by atoms with Gasteiger partial charge in [0, 0.05) is 32.1 Å². The summed E-state index contributed by atoms with van der Waals surface area (Å²) in [5.74, 6) is -1.40. The number of benzene rings is 1. The van der Waals surface area contributed by atoms with Crippen molar-refractivity contribution in [1.29, 1.82) is 0 Å². The van der Waals surface area contributed by atoms with E-state index in [2.05, 4.69) is 10.6 Å². The highest BCUT2D eigenvalue weighted by molar-refractivity contribution is 6.31. The van der Waals surface area contributed by atoms with Gasteiger partial charge in [-0.05, 0) is 11.6 Å². The van der Waals surface area contributed by atoms with E-state index in [1.807, 2.05) is 12.1 Å². The van der Waals surface area contributed by atoms with Gasteiger partial charge < -0.3 is 20.3 Å². The van der Waals surface area contributed by atoms with Gasteiger partial charge in [0.2, 0.25) is 17.7 Å². The first-order valence-corrected chi connectivity index (χ1v) is 8.38. The lowest BCUT2D eigenvalue weighted by atomic mass is 9.92. The highest BCUT2D eigenvalue weighted by atomic mass is 35.5. The molecule has 1 aromatic carbocycles. The quantitative estimate of drug-likeness (QED) is 0.744. The predicted octanol–water partition coefficient (Wildman–Crippen LogP) is 0.738. The van der Waals surface area contributed by atoms with Gasteiger partial charge in [-0.25, -0.2) is 0 Å². The van der Waals surface area contributed by atoms with E-state index in [1.54, 1.807) is 24.1 Å². The molecular weight excluding hydrogens is 346 g/mol. The van der Waals surface area contributed by atoms with Gasteiger partial charge in [-0.1, -0.05) is 29.8 Å². The third-order valence-corrected chi connectivity index (χ3v) is 4.57. The average molecular weight is 368 g/mol. The Balaban J connectivity index is 2.27. The summed E-state index contributed by atoms with van der Waals surface area (Å²) in [6.07, 6.45) is 0.0686. The van der Waals surface area contributed by atoms with Gasteiger partial charge >= 0.3 is 0 Å². The van der Waals surface area contributed by atoms with Gasteiger partial charge in [0.15, 0.2) is 0 Å². The highest BCUT2D eigenvalue weighted by Crippen LogP contribution is 2.40. The maximum atomic E-state index is 12.6. The number of carbonyl (C=O) groups is 3. The van der Waals surface area contributed by atoms with Crippen LogP contribution in [0.4, 0.5) is 0 Å². The van der Waals surface area contributed by atoms with E-state index < -0.39 is 12.0 Å². The maximum absolute atomic E-state index is 12.6. The Bertz CT molecular complexity index is 653. The zero-order valence-electron chi connectivity index (χ0n) is 14.3. The summed E-state index contributed by atoms with van der Waals surface area (Å²) < 4.78 is 5.08. The number of ether oxygens (including phenoxy) is 1. The summed E-state index contributed by atoms with van der Waals surface area (Å²) in [5.41, 5.74) is 0.714. The molecule has 1 aromatic rings. The lowest BCUT2D eigenvalue weighted by molar-refractivity contribution is -0.129. The topological polar surface area (TPSA) is 87.7 Å². The maximum Gasteiger partial charge on any atom is 0.239 e. The summed E-state index contributed by atoms with van der Waals surface area (Å²) in [7, 11) is 3.05. The lowest BCUT2D eigenvalue weighted by Crippen LogP contribution is -2.40. The second-order valence-corrected chi connectivity index (χ2v) is 6.16. The van der Waals surface area contributed by atoms with Crippen molar-refractivity contribution in [1.82, 2.24) is 15.5 Å². The van der Waals surface area contributed by atoms with Crippen molar-refractivity contribution in [2.24, 2.45) is 5.92 Å². The molecule has 0 saturated carbocycles. The standard InChI is InChI=1S/C17H22ClN3O4/c1-19-14(22)10-20-17(24)12-9-15(23)21(7-8-25-2)16(12)11-5-3-4-6-13(11)18/h3-6,12,16H,7-10H2,1-2H3,(H,19,22)(H,20,24)/t12-,16+/m1/s1. The molecule has 7 nitrogen and oxygen atoms in total. The normalized spacial score (nSPS) is 19.8. The minimum atomic E-state index is -0.617. The van der Waals surface area contributed by atoms with Crippen LogP contribution in [0.15, 0.2) is 24.3 Å². The van der Waals surface area contributed by atoms with Gasteiger partial charge in [-0.15, -0.1) is 0 Å². The molecule has 2 rings (SSSR count). The summed E-state index contributed by atoms with van der Waals surface area (Å²) in [5, 5.41) is 5.52. The second-order valence-electron chi connectivity index (χ2n) is 5.75. The molecule has 8 heteroatoms. The van der Waals surface area contributed by atoms with E-state index in [1.165, 1.54) is 7.05 Å². The van der Waals surface area contributed by atoms with Gasteiger partial charge in [0.1, 0.15) is 0 Å². The number of likely N-dealkylation sites (N-methyl/N-ethyl adjacent to an activating group) is 1. The largest absolute Gasteiger partial charge is 0.383 e. The number of hydrogen-bond donors (Lipinski definition) is 2. The number of halogens is 1. The van der Waals surface area contributed by atoms with Crippen LogP contribution >= 0.6 is 11.6 Å². The number of nitrogens with one attached hydrogen (secondary N) is 2. The number of nitrogens with zero attached hydrogens (tertiary/aromatic N) is 1. The summed E-state index contributed by atoms with van der Waals surface area (Å²) in [6, 6.07) is 6.67. The Kier molecular flexibility index (Phi) is 6.78. The van der Waals surface area contributed by atoms with Crippen molar-refractivity contribution >= 4 is 29.3 Å². The number of likely N-dealkylation sites (tertiary alicyclic amines) is 1. The van der Waals surface area contributed by atoms with Crippen molar-refractivity contribution in [2.45, 2.75) is 12.5 Å². The van der Waals surface area contributed by atoms with Gasteiger partial charge in [0.05, 0.1) is 25.1 Å². The molecule has 1 fully saturated rings. The van der Waals surface area contributed by atoms with Crippen LogP contribution in [0.1, 0.15) is 18.0 Å². The molecule has 2 N–H and O–H groups in total. The van der Waals surface area contributed by atoms with Gasteiger partial charge in [0.25, 0.3) is 0 Å². The molecule has 1 saturated heterocycles. The molecule has 0 spiro atoms. The lowest BCUT2D eigenvalue weighted by Gasteiger charge is -2.28. The molecular formula is C17H22ClN3O4. The highest BCUT2D eigenvalue weighted by Gasteiger charge is 2.44. The molecule has 0 aromatic heterocycles. The average Bonchev–Trinajstić information content (AvgIpc) is 2.94. The molecule has 0 unspecified atom stereocenters. The summed E-state index contributed by atoms with van der Waals surface area (Å²) >= 11 is 6.31. The number of methoxy groups -OCH3 is 1. The van der Waals surface area contributed by atoms with E-state index in [0.29, 0.717) is 23.7 Å². The van der Waals surface area contributed by atoms with Crippen LogP contribution in [0.3, 0.4) is 0 Å². The van der Waals surface area contributed by atoms with Crippen molar-refractivity contribution in [3.8, 4) is 0 Å². The zero-order chi connectivity index (χ0) is 18.4. The van der Waals surface area contributed by atoms with Crippen molar-refractivity contribution in [2.75, 3.05) is 33.9 Å². The van der Waals surface area contributed by atoms with Crippen molar-refractivity contribution in [3.05, 3.63) is 34.9 Å². The van der Waals surface area contributed by atoms with E-state index in [-0.39, 0.29) is 30.7 Å². The van der Waals surface area contributed by atoms with E-state index in [4.69, 9.17) is 16.3 Å². The second kappa shape index (κ2) is 8.82. The summed E-state index contributed by atoms with van der Waals surface area (Å²) in [4.78, 5) is 38.0. The molecule has 136 valence electrons. The van der Waals surface area contributed by atoms with Crippen LogP contribution in [0, 0.1) is 5.92 Å². The van der Waals surface area contributed by atoms with Gasteiger partial charge in [-0.3, -0.25) is 14.4 Å². The van der Waals surface area contributed by atoms with Gasteiger partial charge in [-0.2, -0.15) is 0 Å². The Hall–Kier alpha value is -2.12. The number of carbonyl (C=O) groups excluding carboxylic acids is 3. The van der Waals surface area contributed by atoms with Crippen molar-refractivity contribution < 1.29 is 19.1 Å². The van der Waals surface area contributed by atoms with E-state index in [9.17, 15) is 14.4 Å². The molecule has 0 radical (unpaired) electrons. The van der Waals surface area contributed by atoms with E-state index >= 15 is 0 Å². The Labute approximate surface area is 151 Å². The van der Waals surface area contributed by atoms with Crippen LogP contribution in [0.5, 0.6) is 0 Å². The third kappa shape index (κ3) is 4.49. The number of rotatable bonds is 7. The Morgan fingerprint density at radius 3 is 2.72 bits per heavy atom.